The lowest BCUT2D eigenvalue weighted by Crippen LogP contribution is -1.92. The van der Waals surface area contributed by atoms with Crippen LogP contribution in [-0.4, -0.2) is 19.9 Å². The molecule has 2 aliphatic heterocycles. The SMILES string of the molecule is C(#Cc1c2nc(c(-c3ccccc3)c3ccc([nH]3)c(C#C[C]3[CH][CH][CH][CH]3)c3ccc([nH]3)c(-c3ccccc3)c3nc1C=C3)C=C2)[C]1[CH][CH][CH][CH]1. The van der Waals surface area contributed by atoms with Crippen LogP contribution in [0.4, 0.5) is 0 Å². The van der Waals surface area contributed by atoms with Crippen molar-refractivity contribution in [1.82, 2.24) is 19.9 Å². The van der Waals surface area contributed by atoms with Gasteiger partial charge in [-0.05, 0) is 111 Å². The summed E-state index contributed by atoms with van der Waals surface area (Å²) in [5.74, 6) is 15.6. The number of aromatic nitrogens is 4. The predicted octanol–water partition coefficient (Wildman–Crippen LogP) is 9.50. The van der Waals surface area contributed by atoms with E-state index in [1.165, 1.54) is 0 Å². The Hall–Kier alpha value is -5.84. The second-order valence-electron chi connectivity index (χ2n) is 12.1. The van der Waals surface area contributed by atoms with Gasteiger partial charge in [-0.1, -0.05) is 84.3 Å². The number of nitrogens with one attached hydrogen (secondary N) is 2. The summed E-state index contributed by atoms with van der Waals surface area (Å²) in [5, 5.41) is 0. The molecule has 0 saturated heterocycles. The molecule has 0 unspecified atom stereocenters. The minimum atomic E-state index is 0.771. The van der Waals surface area contributed by atoms with Gasteiger partial charge in [0.05, 0.1) is 56.8 Å². The molecule has 4 heteroatoms. The largest absolute Gasteiger partial charge is 0.354 e. The normalized spacial score (nSPS) is 15.5. The third-order valence-electron chi connectivity index (χ3n) is 8.87. The van der Waals surface area contributed by atoms with Gasteiger partial charge in [0.1, 0.15) is 0 Å². The number of rotatable bonds is 2. The summed E-state index contributed by atoms with van der Waals surface area (Å²) in [6.45, 7) is 0. The minimum absolute atomic E-state index is 0.771. The van der Waals surface area contributed by atoms with Crippen LogP contribution in [0.3, 0.4) is 0 Å². The summed E-state index contributed by atoms with van der Waals surface area (Å²) >= 11 is 0. The van der Waals surface area contributed by atoms with E-state index < -0.39 is 0 Å². The standard InChI is InChI=1S/C46H28N4/c1-3-15-33(16-4-1)45-41-27-23-37(47-41)35(21-19-31-11-7-8-12-31)39-25-29-43(49-39)46(34-17-5-2-6-18-34)44-30-26-40(50-44)36(38-24-28-42(45)48-38)22-20-32-13-9-10-14-32/h1-18,23-30,47,49H. The van der Waals surface area contributed by atoms with E-state index in [0.29, 0.717) is 0 Å². The topological polar surface area (TPSA) is 57.4 Å². The van der Waals surface area contributed by atoms with Crippen molar-refractivity contribution in [3.63, 3.8) is 0 Å². The van der Waals surface area contributed by atoms with Gasteiger partial charge in [-0.2, -0.15) is 0 Å². The molecule has 3 aromatic heterocycles. The van der Waals surface area contributed by atoms with Gasteiger partial charge in [0, 0.05) is 22.2 Å². The van der Waals surface area contributed by atoms with E-state index in [9.17, 15) is 0 Å². The lowest BCUT2D eigenvalue weighted by Gasteiger charge is -2.04. The van der Waals surface area contributed by atoms with E-state index >= 15 is 0 Å². The molecule has 5 heterocycles. The van der Waals surface area contributed by atoms with Crippen LogP contribution in [0.5, 0.6) is 0 Å². The molecule has 232 valence electrons. The fourth-order valence-corrected chi connectivity index (χ4v) is 6.47. The minimum Gasteiger partial charge on any atom is -0.354 e. The summed E-state index contributed by atoms with van der Waals surface area (Å²) in [6.07, 6.45) is 24.3. The summed E-state index contributed by atoms with van der Waals surface area (Å²) in [6, 6.07) is 29.2. The molecule has 2 N–H and O–H groups in total. The molecule has 0 amide bonds. The van der Waals surface area contributed by atoms with E-state index in [-0.39, 0.29) is 0 Å². The third-order valence-corrected chi connectivity index (χ3v) is 8.87. The van der Waals surface area contributed by atoms with Crippen molar-refractivity contribution in [3.05, 3.63) is 182 Å². The molecular formula is C46H28N4. The lowest BCUT2D eigenvalue weighted by molar-refractivity contribution is 1.26. The molecule has 2 fully saturated rings. The maximum Gasteiger partial charge on any atom is 0.0816 e. The highest BCUT2D eigenvalue weighted by atomic mass is 14.8. The summed E-state index contributed by atoms with van der Waals surface area (Å²) in [4.78, 5) is 17.9. The predicted molar refractivity (Wildman–Crippen MR) is 204 cm³/mol. The Balaban J connectivity index is 1.40. The number of benzene rings is 2. The first-order valence-electron chi connectivity index (χ1n) is 16.5. The Bertz CT molecular complexity index is 2300. The van der Waals surface area contributed by atoms with Gasteiger partial charge in [0.2, 0.25) is 0 Å². The molecule has 50 heavy (non-hydrogen) atoms. The number of hydrogen-bond donors (Lipinski definition) is 2. The van der Waals surface area contributed by atoms with Crippen LogP contribution in [0.15, 0.2) is 84.9 Å². The smallest absolute Gasteiger partial charge is 0.0816 e. The second kappa shape index (κ2) is 13.2. The Labute approximate surface area is 293 Å². The third kappa shape index (κ3) is 5.89. The Morgan fingerprint density at radius 2 is 0.780 bits per heavy atom. The molecule has 5 aromatic rings. The molecular weight excluding hydrogens is 609 g/mol. The molecule has 0 spiro atoms. The molecule has 2 aromatic carbocycles. The van der Waals surface area contributed by atoms with Crippen molar-refractivity contribution in [2.45, 2.75) is 0 Å². The van der Waals surface area contributed by atoms with Crippen molar-refractivity contribution in [2.24, 2.45) is 0 Å². The molecule has 2 aliphatic carbocycles. The van der Waals surface area contributed by atoms with Gasteiger partial charge >= 0.3 is 0 Å². The zero-order chi connectivity index (χ0) is 33.3. The number of fused-ring (bicyclic) bond motifs is 8. The van der Waals surface area contributed by atoms with Crippen LogP contribution in [0, 0.1) is 86.9 Å². The summed E-state index contributed by atoms with van der Waals surface area (Å²) in [7, 11) is 0. The first-order valence-corrected chi connectivity index (χ1v) is 16.5. The summed E-state index contributed by atoms with van der Waals surface area (Å²) < 4.78 is 0. The van der Waals surface area contributed by atoms with Gasteiger partial charge in [-0.25, -0.2) is 9.97 Å². The van der Waals surface area contributed by atoms with E-state index in [4.69, 9.17) is 9.97 Å². The zero-order valence-electron chi connectivity index (χ0n) is 26.9. The van der Waals surface area contributed by atoms with Crippen LogP contribution >= 0.6 is 0 Å². The van der Waals surface area contributed by atoms with Gasteiger partial charge in [0.25, 0.3) is 0 Å². The highest BCUT2D eigenvalue weighted by Gasteiger charge is 2.19. The fourth-order valence-electron chi connectivity index (χ4n) is 6.47. The number of aromatic amines is 2. The van der Waals surface area contributed by atoms with Crippen LogP contribution in [0.1, 0.15) is 33.9 Å². The van der Waals surface area contributed by atoms with Gasteiger partial charge in [-0.15, -0.1) is 0 Å². The first-order chi connectivity index (χ1) is 24.8. The van der Waals surface area contributed by atoms with Crippen molar-refractivity contribution in [3.8, 4) is 45.9 Å². The number of H-pyrrole nitrogens is 2. The van der Waals surface area contributed by atoms with Gasteiger partial charge < -0.3 is 9.97 Å². The summed E-state index contributed by atoms with van der Waals surface area (Å²) in [5.41, 5.74) is 12.6. The Morgan fingerprint density at radius 3 is 1.24 bits per heavy atom. The quantitative estimate of drug-likeness (QED) is 0.186. The highest BCUT2D eigenvalue weighted by molar-refractivity contribution is 5.95. The average Bonchev–Trinajstić information content (AvgIpc) is 4.00. The van der Waals surface area contributed by atoms with Crippen molar-refractivity contribution >= 4 is 46.4 Å². The Morgan fingerprint density at radius 1 is 0.380 bits per heavy atom. The second-order valence-corrected chi connectivity index (χ2v) is 12.1. The average molecular weight is 637 g/mol. The molecule has 2 saturated carbocycles. The van der Waals surface area contributed by atoms with E-state index in [1.54, 1.807) is 0 Å². The van der Waals surface area contributed by atoms with Crippen molar-refractivity contribution < 1.29 is 0 Å². The maximum atomic E-state index is 5.24. The van der Waals surface area contributed by atoms with Crippen LogP contribution in [0.25, 0.3) is 68.6 Å². The lowest BCUT2D eigenvalue weighted by atomic mass is 10.0. The van der Waals surface area contributed by atoms with Crippen molar-refractivity contribution in [2.75, 3.05) is 0 Å². The zero-order valence-corrected chi connectivity index (χ0v) is 26.9. The van der Waals surface area contributed by atoms with Crippen LogP contribution in [0.2, 0.25) is 0 Å². The molecule has 4 nitrogen and oxygen atoms in total. The molecule has 8 bridgehead atoms. The van der Waals surface area contributed by atoms with Gasteiger partial charge in [-0.3, -0.25) is 0 Å². The molecule has 10 radical (unpaired) electrons. The maximum absolute atomic E-state index is 5.24. The monoisotopic (exact) mass is 636 g/mol. The fraction of sp³-hybridized carbons (Fsp3) is 0. The van der Waals surface area contributed by atoms with Gasteiger partial charge in [0.15, 0.2) is 0 Å². The van der Waals surface area contributed by atoms with Crippen LogP contribution < -0.4 is 0 Å². The first kappa shape index (κ1) is 30.2. The Kier molecular flexibility index (Phi) is 8.00. The number of hydrogen-bond acceptors (Lipinski definition) is 2. The molecule has 4 aliphatic rings. The van der Waals surface area contributed by atoms with Crippen LogP contribution in [-0.2, 0) is 0 Å². The van der Waals surface area contributed by atoms with E-state index in [0.717, 1.165) is 90.1 Å². The van der Waals surface area contributed by atoms with E-state index in [1.807, 2.05) is 75.7 Å². The van der Waals surface area contributed by atoms with Crippen molar-refractivity contribution in [1.29, 1.82) is 0 Å². The number of nitrogens with zero attached hydrogens (tertiary/aromatic N) is 2. The highest BCUT2D eigenvalue weighted by Crippen LogP contribution is 2.34. The molecule has 0 atom stereocenters. The van der Waals surface area contributed by atoms with E-state index in [2.05, 4.69) is 119 Å². The molecule has 9 rings (SSSR count).